The Labute approximate surface area is 104 Å². The smallest absolute Gasteiger partial charge is 0.312 e. The molecule has 0 unspecified atom stereocenters. The van der Waals surface area contributed by atoms with Crippen LogP contribution in [0, 0.1) is 5.82 Å². The molecule has 1 fully saturated rings. The summed E-state index contributed by atoms with van der Waals surface area (Å²) in [6, 6.07) is 6.03. The van der Waals surface area contributed by atoms with E-state index in [1.54, 1.807) is 17.0 Å². The molecule has 1 aliphatic rings. The lowest BCUT2D eigenvalue weighted by atomic mass is 10.2. The standard InChI is InChI=1S/C13H14FNO3/c14-10-3-1-9(2-4-10)8-15(11-5-6-11)12(16)7-13(17)18/h1-4,11H,5-8H2,(H,17,18). The number of hydrogen-bond donors (Lipinski definition) is 1. The number of carboxylic acid groups (broad SMARTS) is 1. The first-order chi connectivity index (χ1) is 8.56. The Morgan fingerprint density at radius 1 is 1.28 bits per heavy atom. The molecule has 0 aliphatic heterocycles. The van der Waals surface area contributed by atoms with E-state index in [4.69, 9.17) is 5.11 Å². The van der Waals surface area contributed by atoms with Gasteiger partial charge in [0.1, 0.15) is 12.2 Å². The third-order valence-corrected chi connectivity index (χ3v) is 2.88. The van der Waals surface area contributed by atoms with Crippen molar-refractivity contribution in [2.75, 3.05) is 0 Å². The fourth-order valence-corrected chi connectivity index (χ4v) is 1.82. The van der Waals surface area contributed by atoms with E-state index in [1.807, 2.05) is 0 Å². The van der Waals surface area contributed by atoms with Gasteiger partial charge in [0, 0.05) is 12.6 Å². The van der Waals surface area contributed by atoms with Crippen LogP contribution in [0.1, 0.15) is 24.8 Å². The van der Waals surface area contributed by atoms with Gasteiger partial charge in [-0.3, -0.25) is 9.59 Å². The van der Waals surface area contributed by atoms with Crippen molar-refractivity contribution in [1.82, 2.24) is 4.90 Å². The second-order valence-corrected chi connectivity index (χ2v) is 4.45. The van der Waals surface area contributed by atoms with Crippen LogP contribution in [-0.4, -0.2) is 27.9 Å². The average molecular weight is 251 g/mol. The molecule has 96 valence electrons. The molecule has 0 atom stereocenters. The van der Waals surface area contributed by atoms with Gasteiger partial charge in [0.15, 0.2) is 0 Å². The second-order valence-electron chi connectivity index (χ2n) is 4.45. The van der Waals surface area contributed by atoms with Gasteiger partial charge in [-0.25, -0.2) is 4.39 Å². The van der Waals surface area contributed by atoms with E-state index in [0.717, 1.165) is 18.4 Å². The number of benzene rings is 1. The SMILES string of the molecule is O=C(O)CC(=O)N(Cc1ccc(F)cc1)C1CC1. The molecule has 1 saturated carbocycles. The van der Waals surface area contributed by atoms with Gasteiger partial charge in [-0.1, -0.05) is 12.1 Å². The van der Waals surface area contributed by atoms with Crippen LogP contribution in [0.3, 0.4) is 0 Å². The van der Waals surface area contributed by atoms with Gasteiger partial charge < -0.3 is 10.0 Å². The molecule has 18 heavy (non-hydrogen) atoms. The molecular weight excluding hydrogens is 237 g/mol. The maximum atomic E-state index is 12.8. The Morgan fingerprint density at radius 2 is 1.89 bits per heavy atom. The molecule has 1 aliphatic carbocycles. The van der Waals surface area contributed by atoms with Gasteiger partial charge >= 0.3 is 5.97 Å². The molecule has 2 rings (SSSR count). The first-order valence-electron chi connectivity index (χ1n) is 5.82. The zero-order chi connectivity index (χ0) is 13.1. The fourth-order valence-electron chi connectivity index (χ4n) is 1.82. The predicted octanol–water partition coefficient (Wildman–Crippen LogP) is 1.79. The Morgan fingerprint density at radius 3 is 2.39 bits per heavy atom. The molecule has 1 N–H and O–H groups in total. The van der Waals surface area contributed by atoms with Crippen LogP contribution in [0.25, 0.3) is 0 Å². The molecule has 0 bridgehead atoms. The lowest BCUT2D eigenvalue weighted by molar-refractivity contribution is -0.144. The summed E-state index contributed by atoms with van der Waals surface area (Å²) in [5, 5.41) is 8.64. The topological polar surface area (TPSA) is 57.6 Å². The number of hydrogen-bond acceptors (Lipinski definition) is 2. The number of halogens is 1. The highest BCUT2D eigenvalue weighted by molar-refractivity contribution is 5.93. The van der Waals surface area contributed by atoms with E-state index in [2.05, 4.69) is 0 Å². The maximum Gasteiger partial charge on any atom is 0.312 e. The number of amides is 1. The van der Waals surface area contributed by atoms with E-state index in [0.29, 0.717) is 6.54 Å². The summed E-state index contributed by atoms with van der Waals surface area (Å²) in [6.07, 6.45) is 1.33. The van der Waals surface area contributed by atoms with E-state index < -0.39 is 12.4 Å². The van der Waals surface area contributed by atoms with Gasteiger partial charge in [0.05, 0.1) is 0 Å². The molecule has 0 aromatic heterocycles. The monoisotopic (exact) mass is 251 g/mol. The van der Waals surface area contributed by atoms with Crippen molar-refractivity contribution in [3.8, 4) is 0 Å². The van der Waals surface area contributed by atoms with E-state index in [9.17, 15) is 14.0 Å². The zero-order valence-electron chi connectivity index (χ0n) is 9.80. The van der Waals surface area contributed by atoms with Crippen molar-refractivity contribution >= 4 is 11.9 Å². The minimum atomic E-state index is -1.12. The predicted molar refractivity (Wildman–Crippen MR) is 62.2 cm³/mol. The summed E-state index contributed by atoms with van der Waals surface area (Å²) in [6.45, 7) is 0.344. The van der Waals surface area contributed by atoms with Crippen LogP contribution in [0.15, 0.2) is 24.3 Å². The third-order valence-electron chi connectivity index (χ3n) is 2.88. The Hall–Kier alpha value is -1.91. The summed E-state index contributed by atoms with van der Waals surface area (Å²) in [7, 11) is 0. The highest BCUT2D eigenvalue weighted by atomic mass is 19.1. The van der Waals surface area contributed by atoms with Gasteiger partial charge in [-0.15, -0.1) is 0 Å². The van der Waals surface area contributed by atoms with Crippen molar-refractivity contribution in [2.45, 2.75) is 31.8 Å². The van der Waals surface area contributed by atoms with E-state index in [-0.39, 0.29) is 17.8 Å². The average Bonchev–Trinajstić information content (AvgIpc) is 3.11. The molecule has 4 nitrogen and oxygen atoms in total. The number of carbonyl (C=O) groups excluding carboxylic acids is 1. The number of aliphatic carboxylic acids is 1. The van der Waals surface area contributed by atoms with E-state index >= 15 is 0 Å². The van der Waals surface area contributed by atoms with Gasteiger partial charge in [0.25, 0.3) is 0 Å². The van der Waals surface area contributed by atoms with Crippen molar-refractivity contribution in [2.24, 2.45) is 0 Å². The van der Waals surface area contributed by atoms with Crippen molar-refractivity contribution in [1.29, 1.82) is 0 Å². The quantitative estimate of drug-likeness (QED) is 0.812. The zero-order valence-corrected chi connectivity index (χ0v) is 9.80. The minimum Gasteiger partial charge on any atom is -0.481 e. The van der Waals surface area contributed by atoms with Gasteiger partial charge in [0.2, 0.25) is 5.91 Å². The van der Waals surface area contributed by atoms with Crippen LogP contribution >= 0.6 is 0 Å². The largest absolute Gasteiger partial charge is 0.481 e. The number of carbonyl (C=O) groups is 2. The van der Waals surface area contributed by atoms with Crippen LogP contribution in [0.2, 0.25) is 0 Å². The lowest BCUT2D eigenvalue weighted by Gasteiger charge is -2.21. The molecule has 0 radical (unpaired) electrons. The van der Waals surface area contributed by atoms with Crippen LogP contribution in [-0.2, 0) is 16.1 Å². The molecule has 1 aromatic rings. The molecule has 1 amide bonds. The van der Waals surface area contributed by atoms with Gasteiger partial charge in [-0.2, -0.15) is 0 Å². The number of carboxylic acids is 1. The Balaban J connectivity index is 2.04. The molecule has 1 aromatic carbocycles. The number of nitrogens with zero attached hydrogens (tertiary/aromatic N) is 1. The van der Waals surface area contributed by atoms with E-state index in [1.165, 1.54) is 12.1 Å². The molecular formula is C13H14FNO3. The number of rotatable bonds is 5. The maximum absolute atomic E-state index is 12.8. The highest BCUT2D eigenvalue weighted by Crippen LogP contribution is 2.29. The van der Waals surface area contributed by atoms with Crippen LogP contribution < -0.4 is 0 Å². The molecule has 0 heterocycles. The normalized spacial score (nSPS) is 14.3. The summed E-state index contributed by atoms with van der Waals surface area (Å²) in [5.41, 5.74) is 0.807. The van der Waals surface area contributed by atoms with Crippen molar-refractivity contribution in [3.63, 3.8) is 0 Å². The minimum absolute atomic E-state index is 0.141. The van der Waals surface area contributed by atoms with Crippen molar-refractivity contribution < 1.29 is 19.1 Å². The van der Waals surface area contributed by atoms with Crippen molar-refractivity contribution in [3.05, 3.63) is 35.6 Å². The van der Waals surface area contributed by atoms with Crippen LogP contribution in [0.5, 0.6) is 0 Å². The summed E-state index contributed by atoms with van der Waals surface area (Å²) in [5.74, 6) is -1.83. The summed E-state index contributed by atoms with van der Waals surface area (Å²) < 4.78 is 12.8. The first-order valence-corrected chi connectivity index (χ1v) is 5.82. The second kappa shape index (κ2) is 5.16. The molecule has 0 saturated heterocycles. The first kappa shape index (κ1) is 12.5. The highest BCUT2D eigenvalue weighted by Gasteiger charge is 2.33. The Bertz CT molecular complexity index is 454. The van der Waals surface area contributed by atoms with Crippen LogP contribution in [0.4, 0.5) is 4.39 Å². The summed E-state index contributed by atoms with van der Waals surface area (Å²) >= 11 is 0. The third kappa shape index (κ3) is 3.29. The molecule has 0 spiro atoms. The Kier molecular flexibility index (Phi) is 3.60. The van der Waals surface area contributed by atoms with Gasteiger partial charge in [-0.05, 0) is 30.5 Å². The molecule has 5 heteroatoms. The lowest BCUT2D eigenvalue weighted by Crippen LogP contribution is -2.33. The summed E-state index contributed by atoms with van der Waals surface area (Å²) in [4.78, 5) is 23.9. The fraction of sp³-hybridized carbons (Fsp3) is 0.385.